The molecule has 1 aliphatic heterocycles. The molecule has 0 unspecified atom stereocenters. The summed E-state index contributed by atoms with van der Waals surface area (Å²) in [6.07, 6.45) is -7.35. The van der Waals surface area contributed by atoms with Crippen LogP contribution in [0.5, 0.6) is 0 Å². The van der Waals surface area contributed by atoms with Crippen LogP contribution in [0.25, 0.3) is 10.4 Å². The Labute approximate surface area is 186 Å². The number of hydrogen-bond donors (Lipinski definition) is 1. The van der Waals surface area contributed by atoms with E-state index < -0.39 is 66.6 Å². The number of nitrogens with one attached hydrogen (secondary N) is 1. The molecule has 3 heterocycles. The van der Waals surface area contributed by atoms with Crippen molar-refractivity contribution >= 4 is 29.3 Å². The quantitative estimate of drug-likeness (QED) is 0.439. The Kier molecular flexibility index (Phi) is 6.69. The summed E-state index contributed by atoms with van der Waals surface area (Å²) in [4.78, 5) is 32.3. The minimum absolute atomic E-state index is 0.220. The van der Waals surface area contributed by atoms with Gasteiger partial charge in [0.25, 0.3) is 18.3 Å². The second kappa shape index (κ2) is 8.88. The van der Waals surface area contributed by atoms with Gasteiger partial charge in [0.2, 0.25) is 0 Å². The number of anilines is 1. The Hall–Kier alpha value is -2.77. The second-order valence-electron chi connectivity index (χ2n) is 7.55. The third-order valence-electron chi connectivity index (χ3n) is 5.01. The molecule has 33 heavy (non-hydrogen) atoms. The number of aromatic nitrogens is 2. The maximum atomic E-state index is 13.8. The maximum Gasteiger partial charge on any atom is 0.408 e. The Bertz CT molecular complexity index is 1060. The molecule has 6 nitrogen and oxygen atoms in total. The zero-order valence-electron chi connectivity index (χ0n) is 17.1. The summed E-state index contributed by atoms with van der Waals surface area (Å²) >= 11 is 0.569. The number of halogens is 7. The highest BCUT2D eigenvalue weighted by molar-refractivity contribution is 7.17. The zero-order valence-corrected chi connectivity index (χ0v) is 17.9. The highest BCUT2D eigenvalue weighted by atomic mass is 32.1. The van der Waals surface area contributed by atoms with Crippen LogP contribution in [-0.4, -0.2) is 57.8 Å². The van der Waals surface area contributed by atoms with Gasteiger partial charge in [-0.2, -0.15) is 13.2 Å². The summed E-state index contributed by atoms with van der Waals surface area (Å²) in [7, 11) is 0. The Morgan fingerprint density at radius 2 is 2.03 bits per heavy atom. The van der Waals surface area contributed by atoms with E-state index >= 15 is 0 Å². The number of amides is 1. The van der Waals surface area contributed by atoms with Gasteiger partial charge in [-0.15, -0.1) is 11.3 Å². The minimum Gasteiger partial charge on any atom is -0.359 e. The number of rotatable bonds is 6. The van der Waals surface area contributed by atoms with Crippen LogP contribution in [0.4, 0.5) is 36.6 Å². The second-order valence-corrected chi connectivity index (χ2v) is 8.59. The maximum absolute atomic E-state index is 13.8. The topological polar surface area (TPSA) is 75.2 Å². The molecular formula is C19H17F7N4O2S. The third-order valence-corrected chi connectivity index (χ3v) is 6.02. The highest BCUT2D eigenvalue weighted by Crippen LogP contribution is 2.40. The zero-order chi connectivity index (χ0) is 24.7. The van der Waals surface area contributed by atoms with E-state index in [1.807, 2.05) is 5.32 Å². The van der Waals surface area contributed by atoms with Gasteiger partial charge in [-0.05, 0) is 19.9 Å². The van der Waals surface area contributed by atoms with E-state index in [-0.39, 0.29) is 21.7 Å². The molecule has 2 atom stereocenters. The van der Waals surface area contributed by atoms with Crippen LogP contribution in [0.3, 0.4) is 0 Å². The largest absolute Gasteiger partial charge is 0.408 e. The predicted molar refractivity (Wildman–Crippen MR) is 105 cm³/mol. The molecule has 0 aliphatic carbocycles. The van der Waals surface area contributed by atoms with Crippen molar-refractivity contribution in [1.29, 1.82) is 0 Å². The minimum atomic E-state index is -4.66. The predicted octanol–water partition coefficient (Wildman–Crippen LogP) is 5.19. The van der Waals surface area contributed by atoms with Crippen LogP contribution in [0, 0.1) is 0 Å². The number of likely N-dealkylation sites (tertiary alicyclic amines) is 1. The van der Waals surface area contributed by atoms with Crippen LogP contribution in [0.1, 0.15) is 52.5 Å². The van der Waals surface area contributed by atoms with Crippen molar-refractivity contribution in [2.75, 3.05) is 11.9 Å². The van der Waals surface area contributed by atoms with E-state index in [0.717, 1.165) is 18.0 Å². The van der Waals surface area contributed by atoms with Gasteiger partial charge in [-0.1, -0.05) is 0 Å². The van der Waals surface area contributed by atoms with Crippen molar-refractivity contribution in [2.24, 2.45) is 0 Å². The molecule has 1 N–H and O–H groups in total. The third kappa shape index (κ3) is 5.25. The van der Waals surface area contributed by atoms with E-state index in [9.17, 15) is 40.3 Å². The number of aldehydes is 1. The number of carbonyl (C=O) groups excluding carboxylic acids is 2. The monoisotopic (exact) mass is 498 g/mol. The number of nitrogens with zero attached hydrogens (tertiary/aromatic N) is 3. The molecule has 0 saturated carbocycles. The van der Waals surface area contributed by atoms with E-state index in [1.54, 1.807) is 0 Å². The van der Waals surface area contributed by atoms with Crippen LogP contribution in [0.2, 0.25) is 0 Å². The summed E-state index contributed by atoms with van der Waals surface area (Å²) in [5.74, 6) is -4.61. The van der Waals surface area contributed by atoms with E-state index in [2.05, 4.69) is 9.97 Å². The van der Waals surface area contributed by atoms with Crippen molar-refractivity contribution in [1.82, 2.24) is 14.9 Å². The van der Waals surface area contributed by atoms with Gasteiger partial charge in [0.15, 0.2) is 11.3 Å². The van der Waals surface area contributed by atoms with Crippen LogP contribution < -0.4 is 5.32 Å². The van der Waals surface area contributed by atoms with Crippen molar-refractivity contribution in [3.8, 4) is 10.4 Å². The summed E-state index contributed by atoms with van der Waals surface area (Å²) in [5.41, 5.74) is -1.60. The molecule has 14 heteroatoms. The lowest BCUT2D eigenvalue weighted by Gasteiger charge is -2.21. The van der Waals surface area contributed by atoms with Crippen LogP contribution >= 0.6 is 11.3 Å². The molecule has 0 bridgehead atoms. The summed E-state index contributed by atoms with van der Waals surface area (Å²) in [5, 5.41) is 1.71. The Morgan fingerprint density at radius 1 is 1.36 bits per heavy atom. The fourth-order valence-corrected chi connectivity index (χ4v) is 4.26. The molecule has 1 amide bonds. The number of alkyl halides is 7. The van der Waals surface area contributed by atoms with Gasteiger partial charge in [0.05, 0.1) is 11.4 Å². The van der Waals surface area contributed by atoms with Gasteiger partial charge < -0.3 is 10.2 Å². The fraction of sp³-hybridized carbons (Fsp3) is 0.474. The normalized spacial score (nSPS) is 19.1. The first-order valence-electron chi connectivity index (χ1n) is 9.50. The molecule has 1 fully saturated rings. The molecule has 1 aliphatic rings. The molecule has 1 saturated heterocycles. The van der Waals surface area contributed by atoms with Crippen molar-refractivity contribution in [2.45, 2.75) is 50.9 Å². The van der Waals surface area contributed by atoms with Crippen molar-refractivity contribution in [3.05, 3.63) is 28.5 Å². The first kappa shape index (κ1) is 24.9. The van der Waals surface area contributed by atoms with Crippen molar-refractivity contribution < 1.29 is 40.3 Å². The van der Waals surface area contributed by atoms with E-state index in [4.69, 9.17) is 0 Å². The smallest absolute Gasteiger partial charge is 0.359 e. The molecule has 2 aromatic heterocycles. The van der Waals surface area contributed by atoms with E-state index in [1.165, 1.54) is 6.92 Å². The number of thiazole rings is 1. The number of pyridine rings is 1. The fourth-order valence-electron chi connectivity index (χ4n) is 3.36. The molecule has 3 rings (SSSR count). The van der Waals surface area contributed by atoms with Gasteiger partial charge in [-0.3, -0.25) is 9.59 Å². The van der Waals surface area contributed by atoms with Crippen molar-refractivity contribution in [3.63, 3.8) is 0 Å². The SMILES string of the molecule is C[C@H](Nc1cc(C(F)F)c(-c2sc(C=O)nc2C(=O)N2CC(F)(F)C[C@@H]2C)cn1)C(F)(F)F. The molecule has 0 radical (unpaired) electrons. The number of carbonyl (C=O) groups is 2. The Morgan fingerprint density at radius 3 is 2.55 bits per heavy atom. The van der Waals surface area contributed by atoms with E-state index in [0.29, 0.717) is 17.4 Å². The molecule has 0 aromatic carbocycles. The van der Waals surface area contributed by atoms with Crippen LogP contribution in [0.15, 0.2) is 12.3 Å². The van der Waals surface area contributed by atoms with Gasteiger partial charge in [-0.25, -0.2) is 27.5 Å². The summed E-state index contributed by atoms with van der Waals surface area (Å²) in [6.45, 7) is 1.26. The lowest BCUT2D eigenvalue weighted by Crippen LogP contribution is -2.35. The first-order valence-corrected chi connectivity index (χ1v) is 10.3. The van der Waals surface area contributed by atoms with Crippen LogP contribution in [-0.2, 0) is 0 Å². The summed E-state index contributed by atoms with van der Waals surface area (Å²) < 4.78 is 93.4. The van der Waals surface area contributed by atoms with Gasteiger partial charge in [0, 0.05) is 29.8 Å². The lowest BCUT2D eigenvalue weighted by molar-refractivity contribution is -0.138. The first-order chi connectivity index (χ1) is 15.2. The summed E-state index contributed by atoms with van der Waals surface area (Å²) in [6, 6.07) is -2.25. The lowest BCUT2D eigenvalue weighted by atomic mass is 10.1. The molecular weight excluding hydrogens is 481 g/mol. The molecule has 0 spiro atoms. The highest BCUT2D eigenvalue weighted by Gasteiger charge is 2.46. The standard InChI is InChI=1S/C19H17F7N4O2S/c1-8-4-18(22,23)7-30(8)17(32)14-15(33-13(6-31)29-14)11-5-27-12(3-10(11)16(20)21)28-9(2)19(24,25)26/h3,5-6,8-9,16H,4,7H2,1-2H3,(H,27,28)/t8-,9-/m0/s1. The average Bonchev–Trinajstić information content (AvgIpc) is 3.26. The number of hydrogen-bond acceptors (Lipinski definition) is 6. The Balaban J connectivity index is 2.05. The average molecular weight is 498 g/mol. The van der Waals surface area contributed by atoms with Gasteiger partial charge >= 0.3 is 6.18 Å². The molecule has 180 valence electrons. The molecule has 2 aromatic rings. The van der Waals surface area contributed by atoms with Gasteiger partial charge in [0.1, 0.15) is 17.6 Å².